The molecule has 0 amide bonds. The summed E-state index contributed by atoms with van der Waals surface area (Å²) in [5.74, 6) is 1.91. The second kappa shape index (κ2) is 5.37. The molecule has 4 heteroatoms. The number of methoxy groups -OCH3 is 2. The maximum absolute atomic E-state index is 10.4. The van der Waals surface area contributed by atoms with Crippen molar-refractivity contribution in [2.75, 3.05) is 14.2 Å². The van der Waals surface area contributed by atoms with Crippen LogP contribution in [-0.4, -0.2) is 19.3 Å². The van der Waals surface area contributed by atoms with Crippen LogP contribution in [0.1, 0.15) is 31.4 Å². The predicted molar refractivity (Wildman–Crippen MR) is 71.4 cm³/mol. The molecule has 18 heavy (non-hydrogen) atoms. The molecule has 0 bridgehead atoms. The third-order valence-electron chi connectivity index (χ3n) is 3.70. The quantitative estimate of drug-likeness (QED) is 0.891. The molecule has 1 aliphatic rings. The van der Waals surface area contributed by atoms with Gasteiger partial charge in [0.2, 0.25) is 0 Å². The first-order valence-corrected chi connectivity index (χ1v) is 6.56. The Hall–Kier alpha value is -0.930. The van der Waals surface area contributed by atoms with Gasteiger partial charge in [-0.05, 0) is 36.8 Å². The van der Waals surface area contributed by atoms with E-state index in [1.54, 1.807) is 20.3 Å². The molecule has 0 heterocycles. The molecule has 0 radical (unpaired) electrons. The van der Waals surface area contributed by atoms with Crippen LogP contribution >= 0.6 is 11.6 Å². The van der Waals surface area contributed by atoms with Gasteiger partial charge in [0.05, 0.1) is 20.3 Å². The van der Waals surface area contributed by atoms with Crippen molar-refractivity contribution in [1.29, 1.82) is 0 Å². The van der Waals surface area contributed by atoms with Gasteiger partial charge >= 0.3 is 0 Å². The molecule has 0 spiro atoms. The van der Waals surface area contributed by atoms with Crippen LogP contribution in [0.3, 0.4) is 0 Å². The van der Waals surface area contributed by atoms with E-state index in [2.05, 4.69) is 6.92 Å². The first-order chi connectivity index (χ1) is 8.60. The van der Waals surface area contributed by atoms with E-state index in [0.717, 1.165) is 5.56 Å². The van der Waals surface area contributed by atoms with E-state index in [1.165, 1.54) is 12.8 Å². The zero-order valence-electron chi connectivity index (χ0n) is 10.9. The fourth-order valence-corrected chi connectivity index (χ4v) is 2.64. The maximum atomic E-state index is 10.4. The molecule has 1 saturated carbocycles. The van der Waals surface area contributed by atoms with Crippen LogP contribution in [-0.2, 0) is 0 Å². The number of hydrogen-bond donors (Lipinski definition) is 1. The molecule has 1 aromatic carbocycles. The Bertz CT molecular complexity index is 429. The molecule has 0 aliphatic heterocycles. The number of aliphatic hydroxyl groups excluding tert-OH is 1. The fourth-order valence-electron chi connectivity index (χ4n) is 2.31. The first kappa shape index (κ1) is 13.5. The topological polar surface area (TPSA) is 38.7 Å². The normalized spacial score (nSPS) is 18.3. The summed E-state index contributed by atoms with van der Waals surface area (Å²) >= 11 is 6.20. The van der Waals surface area contributed by atoms with Gasteiger partial charge < -0.3 is 14.6 Å². The SMILES string of the molecule is COc1ccc(C(O)C(C)C2CC2)c(OC)c1Cl. The first-order valence-electron chi connectivity index (χ1n) is 6.18. The summed E-state index contributed by atoms with van der Waals surface area (Å²) < 4.78 is 10.5. The molecule has 100 valence electrons. The van der Waals surface area contributed by atoms with Gasteiger partial charge in [0.15, 0.2) is 0 Å². The van der Waals surface area contributed by atoms with E-state index in [1.807, 2.05) is 6.07 Å². The average Bonchev–Trinajstić information content (AvgIpc) is 3.20. The smallest absolute Gasteiger partial charge is 0.147 e. The number of aliphatic hydroxyl groups is 1. The Kier molecular flexibility index (Phi) is 4.03. The minimum atomic E-state index is -0.546. The zero-order valence-corrected chi connectivity index (χ0v) is 11.7. The molecule has 2 rings (SSSR count). The van der Waals surface area contributed by atoms with Crippen LogP contribution < -0.4 is 9.47 Å². The van der Waals surface area contributed by atoms with Crippen LogP contribution in [0.25, 0.3) is 0 Å². The van der Waals surface area contributed by atoms with Gasteiger partial charge in [0.25, 0.3) is 0 Å². The average molecular weight is 271 g/mol. The summed E-state index contributed by atoms with van der Waals surface area (Å²) in [5, 5.41) is 10.8. The lowest BCUT2D eigenvalue weighted by atomic mass is 9.92. The highest BCUT2D eigenvalue weighted by Gasteiger charge is 2.34. The molecule has 1 fully saturated rings. The molecule has 0 aromatic heterocycles. The van der Waals surface area contributed by atoms with Crippen LogP contribution in [0, 0.1) is 11.8 Å². The fraction of sp³-hybridized carbons (Fsp3) is 0.571. The minimum absolute atomic E-state index is 0.225. The van der Waals surface area contributed by atoms with Crippen molar-refractivity contribution in [3.05, 3.63) is 22.7 Å². The molecule has 1 aromatic rings. The van der Waals surface area contributed by atoms with Gasteiger partial charge in [0, 0.05) is 5.56 Å². The van der Waals surface area contributed by atoms with Crippen molar-refractivity contribution in [1.82, 2.24) is 0 Å². The minimum Gasteiger partial charge on any atom is -0.495 e. The molecular formula is C14H19ClO3. The monoisotopic (exact) mass is 270 g/mol. The van der Waals surface area contributed by atoms with Gasteiger partial charge in [-0.25, -0.2) is 0 Å². The number of rotatable bonds is 5. The summed E-state index contributed by atoms with van der Waals surface area (Å²) in [6, 6.07) is 3.59. The van der Waals surface area contributed by atoms with Crippen molar-refractivity contribution in [2.45, 2.75) is 25.9 Å². The van der Waals surface area contributed by atoms with Crippen molar-refractivity contribution >= 4 is 11.6 Å². The lowest BCUT2D eigenvalue weighted by molar-refractivity contribution is 0.103. The largest absolute Gasteiger partial charge is 0.495 e. The lowest BCUT2D eigenvalue weighted by Gasteiger charge is -2.22. The second-order valence-corrected chi connectivity index (χ2v) is 5.22. The van der Waals surface area contributed by atoms with Gasteiger partial charge in [-0.1, -0.05) is 18.5 Å². The van der Waals surface area contributed by atoms with E-state index >= 15 is 0 Å². The Morgan fingerprint density at radius 1 is 1.28 bits per heavy atom. The predicted octanol–water partition coefficient (Wildman–Crippen LogP) is 3.44. The third-order valence-corrected chi connectivity index (χ3v) is 4.06. The second-order valence-electron chi connectivity index (χ2n) is 4.85. The van der Waals surface area contributed by atoms with E-state index in [-0.39, 0.29) is 5.92 Å². The van der Waals surface area contributed by atoms with E-state index < -0.39 is 6.10 Å². The third kappa shape index (κ3) is 2.43. The Labute approximate surface area is 113 Å². The van der Waals surface area contributed by atoms with Crippen molar-refractivity contribution < 1.29 is 14.6 Å². The molecular weight excluding hydrogens is 252 g/mol. The summed E-state index contributed by atoms with van der Waals surface area (Å²) in [6.07, 6.45) is 1.85. The molecule has 2 unspecified atom stereocenters. The maximum Gasteiger partial charge on any atom is 0.147 e. The molecule has 0 saturated heterocycles. The Morgan fingerprint density at radius 2 is 1.94 bits per heavy atom. The van der Waals surface area contributed by atoms with Crippen molar-refractivity contribution in [3.8, 4) is 11.5 Å². The highest BCUT2D eigenvalue weighted by molar-refractivity contribution is 6.33. The summed E-state index contributed by atoms with van der Waals surface area (Å²) in [7, 11) is 3.11. The number of halogens is 1. The van der Waals surface area contributed by atoms with Crippen molar-refractivity contribution in [3.63, 3.8) is 0 Å². The van der Waals surface area contributed by atoms with E-state index in [0.29, 0.717) is 22.4 Å². The zero-order chi connectivity index (χ0) is 13.3. The number of benzene rings is 1. The van der Waals surface area contributed by atoms with Crippen LogP contribution in [0.15, 0.2) is 12.1 Å². The van der Waals surface area contributed by atoms with E-state index in [9.17, 15) is 5.11 Å². The Morgan fingerprint density at radius 3 is 2.44 bits per heavy atom. The summed E-state index contributed by atoms with van der Waals surface area (Å²) in [5.41, 5.74) is 0.739. The molecule has 3 nitrogen and oxygen atoms in total. The molecule has 1 N–H and O–H groups in total. The van der Waals surface area contributed by atoms with Gasteiger partial charge in [-0.3, -0.25) is 0 Å². The van der Waals surface area contributed by atoms with Gasteiger partial charge in [-0.2, -0.15) is 0 Å². The van der Waals surface area contributed by atoms with Crippen LogP contribution in [0.2, 0.25) is 5.02 Å². The van der Waals surface area contributed by atoms with Gasteiger partial charge in [-0.15, -0.1) is 0 Å². The highest BCUT2D eigenvalue weighted by atomic mass is 35.5. The summed E-state index contributed by atoms with van der Waals surface area (Å²) in [4.78, 5) is 0. The lowest BCUT2D eigenvalue weighted by Crippen LogP contribution is -2.12. The van der Waals surface area contributed by atoms with Crippen molar-refractivity contribution in [2.24, 2.45) is 11.8 Å². The van der Waals surface area contributed by atoms with Crippen LogP contribution in [0.4, 0.5) is 0 Å². The molecule has 2 atom stereocenters. The van der Waals surface area contributed by atoms with E-state index in [4.69, 9.17) is 21.1 Å². The summed E-state index contributed by atoms with van der Waals surface area (Å²) in [6.45, 7) is 2.07. The van der Waals surface area contributed by atoms with Gasteiger partial charge in [0.1, 0.15) is 16.5 Å². The Balaban J connectivity index is 2.34. The number of ether oxygens (including phenoxy) is 2. The molecule has 1 aliphatic carbocycles. The number of hydrogen-bond acceptors (Lipinski definition) is 3. The standard InChI is InChI=1S/C14H19ClO3/c1-8(9-4-5-9)13(16)10-6-7-11(17-2)12(15)14(10)18-3/h6-9,13,16H,4-5H2,1-3H3. The highest BCUT2D eigenvalue weighted by Crippen LogP contribution is 2.46. The van der Waals surface area contributed by atoms with Crippen LogP contribution in [0.5, 0.6) is 11.5 Å².